The molecule has 0 aromatic rings. The third kappa shape index (κ3) is 7.85. The van der Waals surface area contributed by atoms with E-state index >= 15 is 0 Å². The fourth-order valence-corrected chi connectivity index (χ4v) is 2.49. The maximum atomic E-state index is 11.9. The van der Waals surface area contributed by atoms with Gasteiger partial charge in [0.1, 0.15) is 0 Å². The summed E-state index contributed by atoms with van der Waals surface area (Å²) in [7, 11) is 0. The quantitative estimate of drug-likeness (QED) is 0.782. The van der Waals surface area contributed by atoms with Crippen LogP contribution in [0.2, 0.25) is 0 Å². The van der Waals surface area contributed by atoms with E-state index in [1.54, 1.807) is 0 Å². The maximum Gasteiger partial charge on any atom is 0.234 e. The number of rotatable bonds is 6. The zero-order chi connectivity index (χ0) is 15.2. The number of piperidine rings is 1. The highest BCUT2D eigenvalue weighted by Crippen LogP contribution is 2.16. The highest BCUT2D eigenvalue weighted by molar-refractivity contribution is 5.78. The lowest BCUT2D eigenvalue weighted by Gasteiger charge is -2.34. The van der Waals surface area contributed by atoms with Crippen LogP contribution in [0, 0.1) is 11.8 Å². The second-order valence-electron chi connectivity index (χ2n) is 7.57. The number of nitrogens with one attached hydrogen (secondary N) is 2. The van der Waals surface area contributed by atoms with Crippen LogP contribution in [0.5, 0.6) is 0 Å². The third-order valence-electron chi connectivity index (χ3n) is 3.60. The van der Waals surface area contributed by atoms with E-state index < -0.39 is 0 Å². The molecule has 20 heavy (non-hydrogen) atoms. The van der Waals surface area contributed by atoms with Gasteiger partial charge in [-0.05, 0) is 58.5 Å². The number of carbonyl (C=O) groups excluding carboxylic acids is 1. The van der Waals surface area contributed by atoms with Crippen molar-refractivity contribution in [2.45, 2.75) is 53.0 Å². The Hall–Kier alpha value is -0.610. The van der Waals surface area contributed by atoms with Crippen molar-refractivity contribution in [1.82, 2.24) is 15.5 Å². The van der Waals surface area contributed by atoms with Crippen molar-refractivity contribution >= 4 is 5.91 Å². The SMILES string of the molecule is CC(C)CNC(=O)CN1CCCC(CNC(C)(C)C)C1. The lowest BCUT2D eigenvalue weighted by molar-refractivity contribution is -0.122. The van der Waals surface area contributed by atoms with Crippen LogP contribution in [0.15, 0.2) is 0 Å². The number of hydrogen-bond acceptors (Lipinski definition) is 3. The Morgan fingerprint density at radius 1 is 1.35 bits per heavy atom. The summed E-state index contributed by atoms with van der Waals surface area (Å²) in [6.07, 6.45) is 2.47. The van der Waals surface area contributed by atoms with Gasteiger partial charge in [0.2, 0.25) is 5.91 Å². The normalized spacial score (nSPS) is 21.2. The van der Waals surface area contributed by atoms with Crippen molar-refractivity contribution < 1.29 is 4.79 Å². The Kier molecular flexibility index (Phi) is 6.96. The first-order valence-electron chi connectivity index (χ1n) is 8.00. The maximum absolute atomic E-state index is 11.9. The number of carbonyl (C=O) groups is 1. The fourth-order valence-electron chi connectivity index (χ4n) is 2.49. The summed E-state index contributed by atoms with van der Waals surface area (Å²) in [5.74, 6) is 1.35. The van der Waals surface area contributed by atoms with E-state index in [1.165, 1.54) is 12.8 Å². The monoisotopic (exact) mass is 283 g/mol. The molecule has 1 aliphatic heterocycles. The molecule has 1 fully saturated rings. The standard InChI is InChI=1S/C16H33N3O/c1-13(2)9-17-15(20)12-19-8-6-7-14(11-19)10-18-16(3,4)5/h13-14,18H,6-12H2,1-5H3,(H,17,20). The molecule has 0 aromatic heterocycles. The molecule has 118 valence electrons. The van der Waals surface area contributed by atoms with E-state index in [4.69, 9.17) is 0 Å². The van der Waals surface area contributed by atoms with Crippen LogP contribution in [0.25, 0.3) is 0 Å². The lowest BCUT2D eigenvalue weighted by atomic mass is 9.96. The summed E-state index contributed by atoms with van der Waals surface area (Å²) in [4.78, 5) is 14.2. The number of amides is 1. The number of likely N-dealkylation sites (tertiary alicyclic amines) is 1. The van der Waals surface area contributed by atoms with Gasteiger partial charge in [-0.25, -0.2) is 0 Å². The first-order valence-corrected chi connectivity index (χ1v) is 8.00. The summed E-state index contributed by atoms with van der Waals surface area (Å²) >= 11 is 0. The van der Waals surface area contributed by atoms with Crippen molar-refractivity contribution in [2.24, 2.45) is 11.8 Å². The minimum atomic E-state index is 0.170. The third-order valence-corrected chi connectivity index (χ3v) is 3.60. The Bertz CT molecular complexity index is 297. The second-order valence-corrected chi connectivity index (χ2v) is 7.57. The molecule has 1 unspecified atom stereocenters. The van der Waals surface area contributed by atoms with Gasteiger partial charge in [0.15, 0.2) is 0 Å². The van der Waals surface area contributed by atoms with Crippen LogP contribution in [-0.2, 0) is 4.79 Å². The molecule has 1 atom stereocenters. The van der Waals surface area contributed by atoms with Crippen LogP contribution >= 0.6 is 0 Å². The minimum Gasteiger partial charge on any atom is -0.355 e. The van der Waals surface area contributed by atoms with Crippen LogP contribution in [0.1, 0.15) is 47.5 Å². The molecule has 0 saturated carbocycles. The zero-order valence-corrected chi connectivity index (χ0v) is 14.0. The molecule has 1 rings (SSSR count). The molecule has 2 N–H and O–H groups in total. The molecule has 4 nitrogen and oxygen atoms in total. The van der Waals surface area contributed by atoms with Crippen molar-refractivity contribution in [3.05, 3.63) is 0 Å². The smallest absolute Gasteiger partial charge is 0.234 e. The van der Waals surface area contributed by atoms with Gasteiger partial charge in [0.05, 0.1) is 6.54 Å². The second kappa shape index (κ2) is 7.99. The molecule has 1 heterocycles. The molecule has 1 saturated heterocycles. The molecular weight excluding hydrogens is 250 g/mol. The van der Waals surface area contributed by atoms with Crippen molar-refractivity contribution in [3.8, 4) is 0 Å². The van der Waals surface area contributed by atoms with Crippen molar-refractivity contribution in [1.29, 1.82) is 0 Å². The largest absolute Gasteiger partial charge is 0.355 e. The van der Waals surface area contributed by atoms with E-state index in [2.05, 4.69) is 50.2 Å². The van der Waals surface area contributed by atoms with Gasteiger partial charge in [-0.2, -0.15) is 0 Å². The predicted molar refractivity (Wildman–Crippen MR) is 84.8 cm³/mol. The van der Waals surface area contributed by atoms with Gasteiger partial charge < -0.3 is 10.6 Å². The summed E-state index contributed by atoms with van der Waals surface area (Å²) < 4.78 is 0. The minimum absolute atomic E-state index is 0.170. The number of nitrogens with zero attached hydrogens (tertiary/aromatic N) is 1. The first kappa shape index (κ1) is 17.4. The van der Waals surface area contributed by atoms with Crippen LogP contribution in [0.4, 0.5) is 0 Å². The summed E-state index contributed by atoms with van der Waals surface area (Å²) in [6.45, 7) is 15.3. The lowest BCUT2D eigenvalue weighted by Crippen LogP contribution is -2.47. The highest BCUT2D eigenvalue weighted by Gasteiger charge is 2.22. The Labute approximate surface area is 124 Å². The zero-order valence-electron chi connectivity index (χ0n) is 14.0. The molecule has 0 aliphatic carbocycles. The molecule has 0 radical (unpaired) electrons. The van der Waals surface area contributed by atoms with Gasteiger partial charge in [-0.3, -0.25) is 9.69 Å². The summed E-state index contributed by atoms with van der Waals surface area (Å²) in [6, 6.07) is 0. The Morgan fingerprint density at radius 3 is 2.65 bits per heavy atom. The van der Waals surface area contributed by atoms with Gasteiger partial charge in [-0.15, -0.1) is 0 Å². The Morgan fingerprint density at radius 2 is 2.05 bits per heavy atom. The van der Waals surface area contributed by atoms with Crippen LogP contribution in [-0.4, -0.2) is 49.1 Å². The molecular formula is C16H33N3O. The van der Waals surface area contributed by atoms with Crippen LogP contribution < -0.4 is 10.6 Å². The molecule has 0 aromatic carbocycles. The van der Waals surface area contributed by atoms with E-state index in [0.717, 1.165) is 26.2 Å². The van der Waals surface area contributed by atoms with Gasteiger partial charge in [-0.1, -0.05) is 13.8 Å². The average Bonchev–Trinajstić information content (AvgIpc) is 2.34. The van der Waals surface area contributed by atoms with Gasteiger partial charge in [0.25, 0.3) is 0 Å². The molecule has 1 amide bonds. The Balaban J connectivity index is 2.28. The molecule has 0 bridgehead atoms. The van der Waals surface area contributed by atoms with Crippen molar-refractivity contribution in [2.75, 3.05) is 32.7 Å². The average molecular weight is 283 g/mol. The molecule has 4 heteroatoms. The van der Waals surface area contributed by atoms with E-state index in [9.17, 15) is 4.79 Å². The predicted octanol–water partition coefficient (Wildman–Crippen LogP) is 1.86. The first-order chi connectivity index (χ1) is 9.26. The highest BCUT2D eigenvalue weighted by atomic mass is 16.2. The van der Waals surface area contributed by atoms with Gasteiger partial charge in [0, 0.05) is 18.6 Å². The summed E-state index contributed by atoms with van der Waals surface area (Å²) in [5.41, 5.74) is 0.177. The molecule has 0 spiro atoms. The van der Waals surface area contributed by atoms with Crippen molar-refractivity contribution in [3.63, 3.8) is 0 Å². The topological polar surface area (TPSA) is 44.4 Å². The fraction of sp³-hybridized carbons (Fsp3) is 0.938. The number of hydrogen-bond donors (Lipinski definition) is 2. The molecule has 1 aliphatic rings. The van der Waals surface area contributed by atoms with E-state index in [-0.39, 0.29) is 11.4 Å². The van der Waals surface area contributed by atoms with Crippen LogP contribution in [0.3, 0.4) is 0 Å². The summed E-state index contributed by atoms with van der Waals surface area (Å²) in [5, 5.41) is 6.58. The van der Waals surface area contributed by atoms with Gasteiger partial charge >= 0.3 is 0 Å². The van der Waals surface area contributed by atoms with E-state index in [0.29, 0.717) is 18.4 Å². The van der Waals surface area contributed by atoms with E-state index in [1.807, 2.05) is 0 Å².